The van der Waals surface area contributed by atoms with Gasteiger partial charge in [-0.05, 0) is 32.3 Å². The fourth-order valence-corrected chi connectivity index (χ4v) is 3.39. The molecule has 2 aliphatic rings. The monoisotopic (exact) mass is 356 g/mol. The summed E-state index contributed by atoms with van der Waals surface area (Å²) in [4.78, 5) is 29.7. The molecule has 2 heterocycles. The van der Waals surface area contributed by atoms with Gasteiger partial charge in [-0.2, -0.15) is 13.2 Å². The number of Topliss-reactive ketones (excluding diaryl/α,β-unsaturated/α-hetero) is 1. The number of alkyl halides is 3. The number of ketones is 1. The number of hydrogen-bond acceptors (Lipinski definition) is 4. The number of carbonyl (C=O) groups is 2. The van der Waals surface area contributed by atoms with Crippen LogP contribution in [0.3, 0.4) is 0 Å². The van der Waals surface area contributed by atoms with E-state index in [0.717, 1.165) is 6.92 Å². The van der Waals surface area contributed by atoms with Crippen molar-refractivity contribution in [3.05, 3.63) is 18.3 Å². The second-order valence-electron chi connectivity index (χ2n) is 6.68. The van der Waals surface area contributed by atoms with Crippen LogP contribution in [0.5, 0.6) is 5.88 Å². The van der Waals surface area contributed by atoms with Gasteiger partial charge in [-0.1, -0.05) is 0 Å². The molecule has 1 aliphatic carbocycles. The van der Waals surface area contributed by atoms with Crippen LogP contribution in [0.25, 0.3) is 0 Å². The third-order valence-electron chi connectivity index (χ3n) is 5.07. The molecule has 8 heteroatoms. The fourth-order valence-electron chi connectivity index (χ4n) is 3.39. The molecule has 1 saturated heterocycles. The number of nitrogens with zero attached hydrogens (tertiary/aromatic N) is 2. The van der Waals surface area contributed by atoms with Crippen LogP contribution >= 0.6 is 0 Å². The van der Waals surface area contributed by atoms with Crippen LogP contribution in [-0.4, -0.2) is 35.5 Å². The Hall–Kier alpha value is -2.12. The van der Waals surface area contributed by atoms with Crippen LogP contribution in [0.2, 0.25) is 0 Å². The molecule has 5 nitrogen and oxygen atoms in total. The third kappa shape index (κ3) is 3.48. The predicted octanol–water partition coefficient (Wildman–Crippen LogP) is 3.28. The molecule has 3 rings (SSSR count). The average molecular weight is 356 g/mol. The van der Waals surface area contributed by atoms with Crippen LogP contribution in [0.4, 0.5) is 18.9 Å². The van der Waals surface area contributed by atoms with Crippen molar-refractivity contribution in [2.45, 2.75) is 51.3 Å². The predicted molar refractivity (Wildman–Crippen MR) is 83.3 cm³/mol. The smallest absolute Gasteiger partial charge is 0.425 e. The van der Waals surface area contributed by atoms with Crippen LogP contribution in [0.15, 0.2) is 18.3 Å². The van der Waals surface area contributed by atoms with E-state index in [2.05, 4.69) is 4.98 Å². The first kappa shape index (κ1) is 17.7. The lowest BCUT2D eigenvalue weighted by molar-refractivity contribution is -0.189. The lowest BCUT2D eigenvalue weighted by Gasteiger charge is -2.30. The lowest BCUT2D eigenvalue weighted by Crippen LogP contribution is -2.37. The van der Waals surface area contributed by atoms with Crippen LogP contribution in [0.1, 0.15) is 39.0 Å². The Morgan fingerprint density at radius 2 is 1.88 bits per heavy atom. The minimum absolute atomic E-state index is 0.0286. The Morgan fingerprint density at radius 1 is 1.20 bits per heavy atom. The zero-order chi connectivity index (χ0) is 18.2. The maximum atomic E-state index is 12.8. The normalized spacial score (nSPS) is 21.7. The molecular weight excluding hydrogens is 337 g/mol. The van der Waals surface area contributed by atoms with Crippen LogP contribution < -0.4 is 9.64 Å². The molecule has 0 N–H and O–H groups in total. The second kappa shape index (κ2) is 6.31. The number of anilines is 1. The summed E-state index contributed by atoms with van der Waals surface area (Å²) in [6, 6.07) is 2.87. The summed E-state index contributed by atoms with van der Waals surface area (Å²) in [5.41, 5.74) is 0.0548. The van der Waals surface area contributed by atoms with Crippen molar-refractivity contribution < 1.29 is 27.5 Å². The molecule has 1 aromatic heterocycles. The molecule has 2 fully saturated rings. The number of amides is 1. The van der Waals surface area contributed by atoms with Crippen molar-refractivity contribution in [1.29, 1.82) is 0 Å². The van der Waals surface area contributed by atoms with E-state index in [-0.39, 0.29) is 17.6 Å². The minimum atomic E-state index is -4.46. The molecule has 0 unspecified atom stereocenters. The number of rotatable bonds is 3. The number of carbonyl (C=O) groups excluding carboxylic acids is 2. The van der Waals surface area contributed by atoms with Gasteiger partial charge in [-0.25, -0.2) is 4.98 Å². The van der Waals surface area contributed by atoms with Gasteiger partial charge in [0.25, 0.3) is 0 Å². The highest BCUT2D eigenvalue weighted by atomic mass is 19.4. The SMILES string of the molecule is C[C@H](Oc1ccc(N2CCC3(CCC(=O)CC3)C2=O)cn1)C(F)(F)F. The molecule has 1 atom stereocenters. The zero-order valence-corrected chi connectivity index (χ0v) is 13.8. The number of pyridine rings is 1. The molecule has 0 bridgehead atoms. The number of halogens is 3. The van der Waals surface area contributed by atoms with Crippen molar-refractivity contribution in [2.24, 2.45) is 5.41 Å². The van der Waals surface area contributed by atoms with Crippen molar-refractivity contribution >= 4 is 17.4 Å². The maximum Gasteiger partial charge on any atom is 0.425 e. The van der Waals surface area contributed by atoms with E-state index in [4.69, 9.17) is 4.74 Å². The average Bonchev–Trinajstić information content (AvgIpc) is 2.87. The summed E-state index contributed by atoms with van der Waals surface area (Å²) in [6.07, 6.45) is -2.39. The van der Waals surface area contributed by atoms with E-state index in [1.807, 2.05) is 0 Å². The van der Waals surface area contributed by atoms with Gasteiger partial charge < -0.3 is 9.64 Å². The van der Waals surface area contributed by atoms with Gasteiger partial charge in [0.05, 0.1) is 17.3 Å². The largest absolute Gasteiger partial charge is 0.465 e. The highest BCUT2D eigenvalue weighted by Gasteiger charge is 2.48. The molecule has 136 valence electrons. The standard InChI is InChI=1S/C17H19F3N2O3/c1-11(17(18,19)20)25-14-3-2-12(10-21-14)22-9-8-16(15(22)24)6-4-13(23)5-7-16/h2-3,10-11H,4-9H2,1H3/t11-/m0/s1. The summed E-state index contributed by atoms with van der Waals surface area (Å²) >= 11 is 0. The van der Waals surface area contributed by atoms with Gasteiger partial charge in [0.1, 0.15) is 5.78 Å². The zero-order valence-electron chi connectivity index (χ0n) is 13.8. The van der Waals surface area contributed by atoms with Gasteiger partial charge in [0.2, 0.25) is 11.8 Å². The van der Waals surface area contributed by atoms with E-state index < -0.39 is 17.7 Å². The van der Waals surface area contributed by atoms with E-state index in [1.54, 1.807) is 4.90 Å². The van der Waals surface area contributed by atoms with E-state index >= 15 is 0 Å². The van der Waals surface area contributed by atoms with Crippen molar-refractivity contribution in [2.75, 3.05) is 11.4 Å². The summed E-state index contributed by atoms with van der Waals surface area (Å²) in [6.45, 7) is 1.43. The Balaban J connectivity index is 1.69. The number of aromatic nitrogens is 1. The molecule has 0 radical (unpaired) electrons. The summed E-state index contributed by atoms with van der Waals surface area (Å²) in [5.74, 6) is 0.0242. The van der Waals surface area contributed by atoms with E-state index in [0.29, 0.717) is 44.3 Å². The third-order valence-corrected chi connectivity index (χ3v) is 5.07. The van der Waals surface area contributed by atoms with Gasteiger partial charge >= 0.3 is 6.18 Å². The minimum Gasteiger partial charge on any atom is -0.465 e. The molecule has 1 amide bonds. The molecule has 0 aromatic carbocycles. The van der Waals surface area contributed by atoms with Crippen LogP contribution in [-0.2, 0) is 9.59 Å². The van der Waals surface area contributed by atoms with Crippen molar-refractivity contribution in [1.82, 2.24) is 4.98 Å². The highest BCUT2D eigenvalue weighted by Crippen LogP contribution is 2.45. The molecular formula is C17H19F3N2O3. The summed E-state index contributed by atoms with van der Waals surface area (Å²) < 4.78 is 42.3. The number of hydrogen-bond donors (Lipinski definition) is 0. The first-order chi connectivity index (χ1) is 11.7. The first-order valence-electron chi connectivity index (χ1n) is 8.24. The maximum absolute atomic E-state index is 12.8. The van der Waals surface area contributed by atoms with Gasteiger partial charge in [0.15, 0.2) is 6.10 Å². The molecule has 1 saturated carbocycles. The Labute approximate surface area is 143 Å². The second-order valence-corrected chi connectivity index (χ2v) is 6.68. The fraction of sp³-hybridized carbons (Fsp3) is 0.588. The number of ether oxygens (including phenoxy) is 1. The van der Waals surface area contributed by atoms with Crippen molar-refractivity contribution in [3.63, 3.8) is 0 Å². The van der Waals surface area contributed by atoms with Crippen LogP contribution in [0, 0.1) is 5.41 Å². The summed E-state index contributed by atoms with van der Waals surface area (Å²) in [7, 11) is 0. The summed E-state index contributed by atoms with van der Waals surface area (Å²) in [5, 5.41) is 0. The molecule has 1 aliphatic heterocycles. The van der Waals surface area contributed by atoms with E-state index in [1.165, 1.54) is 18.3 Å². The molecule has 25 heavy (non-hydrogen) atoms. The van der Waals surface area contributed by atoms with Gasteiger partial charge in [0, 0.05) is 25.5 Å². The molecule has 1 aromatic rings. The van der Waals surface area contributed by atoms with E-state index in [9.17, 15) is 22.8 Å². The molecule has 1 spiro atoms. The lowest BCUT2D eigenvalue weighted by atomic mass is 9.72. The quantitative estimate of drug-likeness (QED) is 0.834. The van der Waals surface area contributed by atoms with Crippen molar-refractivity contribution in [3.8, 4) is 5.88 Å². The van der Waals surface area contributed by atoms with Gasteiger partial charge in [-0.15, -0.1) is 0 Å². The Kier molecular flexibility index (Phi) is 4.47. The topological polar surface area (TPSA) is 59.5 Å². The Bertz CT molecular complexity index is 663. The van der Waals surface area contributed by atoms with Gasteiger partial charge in [-0.3, -0.25) is 9.59 Å². The highest BCUT2D eigenvalue weighted by molar-refractivity contribution is 6.00. The Morgan fingerprint density at radius 3 is 2.44 bits per heavy atom. The first-order valence-corrected chi connectivity index (χ1v) is 8.24.